The van der Waals surface area contributed by atoms with Crippen LogP contribution in [-0.2, 0) is 11.2 Å². The van der Waals surface area contributed by atoms with Gasteiger partial charge in [0.05, 0.1) is 6.54 Å². The number of Topliss-reactive ketones (excluding diaryl/α,β-unsaturated/α-hetero) is 1. The van der Waals surface area contributed by atoms with Crippen molar-refractivity contribution >= 4 is 35.3 Å². The maximum Gasteiger partial charge on any atom is 0.234 e. The molecule has 0 bridgehead atoms. The van der Waals surface area contributed by atoms with Gasteiger partial charge < -0.3 is 11.1 Å². The number of amidine groups is 1. The van der Waals surface area contributed by atoms with Crippen LogP contribution in [-0.4, -0.2) is 33.1 Å². The number of carbonyl (C=O) groups is 1. The Hall–Kier alpha value is -2.74. The van der Waals surface area contributed by atoms with Crippen LogP contribution in [0.2, 0.25) is 0 Å². The van der Waals surface area contributed by atoms with E-state index in [4.69, 9.17) is 5.73 Å². The standard InChI is InChI=1S/C19H20N6OS/c1-11-8-16(21-10-11)22-18-23-17(20)24-19(25-18)27-14-6-2-12(3-7-14)9-15(26)13-4-5-13/h2-3,6-8,13H,4-5,9-10H2,1H3,(H3,20,21,22,23,24,25). The average molecular weight is 380 g/mol. The summed E-state index contributed by atoms with van der Waals surface area (Å²) in [5.74, 6) is 1.89. The molecular formula is C19H20N6OS. The Labute approximate surface area is 161 Å². The van der Waals surface area contributed by atoms with E-state index < -0.39 is 0 Å². The number of nitrogens with two attached hydrogens (primary N) is 1. The number of hydrogen-bond donors (Lipinski definition) is 2. The number of ketones is 1. The average Bonchev–Trinajstić information content (AvgIpc) is 3.40. The van der Waals surface area contributed by atoms with Crippen LogP contribution in [0, 0.1) is 5.92 Å². The highest BCUT2D eigenvalue weighted by Gasteiger charge is 2.28. The molecule has 1 saturated carbocycles. The molecule has 4 rings (SSSR count). The SMILES string of the molecule is CC1=CC(Nc2nc(N)nc(Sc3ccc(CC(=O)C4CC4)cc3)n2)=NC1. The van der Waals surface area contributed by atoms with E-state index in [2.05, 4.69) is 25.3 Å². The van der Waals surface area contributed by atoms with Crippen molar-refractivity contribution < 1.29 is 4.79 Å². The first-order chi connectivity index (χ1) is 13.0. The maximum atomic E-state index is 11.9. The first-order valence-corrected chi connectivity index (χ1v) is 9.66. The molecule has 0 spiro atoms. The fourth-order valence-electron chi connectivity index (χ4n) is 2.73. The fourth-order valence-corrected chi connectivity index (χ4v) is 3.48. The van der Waals surface area contributed by atoms with E-state index in [1.807, 2.05) is 37.3 Å². The van der Waals surface area contributed by atoms with Crippen LogP contribution in [0.5, 0.6) is 0 Å². The van der Waals surface area contributed by atoms with Gasteiger partial charge in [-0.3, -0.25) is 9.79 Å². The molecule has 7 nitrogen and oxygen atoms in total. The van der Waals surface area contributed by atoms with Gasteiger partial charge >= 0.3 is 0 Å². The summed E-state index contributed by atoms with van der Waals surface area (Å²) in [6.07, 6.45) is 4.56. The van der Waals surface area contributed by atoms with Crippen molar-refractivity contribution in [2.75, 3.05) is 17.6 Å². The van der Waals surface area contributed by atoms with E-state index in [9.17, 15) is 4.79 Å². The zero-order valence-corrected chi connectivity index (χ0v) is 15.8. The van der Waals surface area contributed by atoms with Gasteiger partial charge in [0.1, 0.15) is 11.6 Å². The molecule has 0 amide bonds. The molecule has 8 heteroatoms. The molecule has 2 aromatic rings. The first kappa shape index (κ1) is 17.7. The highest BCUT2D eigenvalue weighted by molar-refractivity contribution is 7.99. The van der Waals surface area contributed by atoms with E-state index in [0.29, 0.717) is 35.8 Å². The van der Waals surface area contributed by atoms with Crippen molar-refractivity contribution in [2.45, 2.75) is 36.2 Å². The first-order valence-electron chi connectivity index (χ1n) is 8.85. The van der Waals surface area contributed by atoms with Crippen LogP contribution in [0.15, 0.2) is 51.0 Å². The molecule has 0 radical (unpaired) electrons. The lowest BCUT2D eigenvalue weighted by atomic mass is 10.1. The molecule has 1 fully saturated rings. The molecule has 1 aromatic carbocycles. The lowest BCUT2D eigenvalue weighted by molar-refractivity contribution is -0.119. The van der Waals surface area contributed by atoms with E-state index in [-0.39, 0.29) is 5.95 Å². The molecule has 0 unspecified atom stereocenters. The summed E-state index contributed by atoms with van der Waals surface area (Å²) in [6, 6.07) is 7.90. The van der Waals surface area contributed by atoms with Gasteiger partial charge in [-0.15, -0.1) is 0 Å². The molecule has 2 heterocycles. The Morgan fingerprint density at radius 2 is 2.00 bits per heavy atom. The smallest absolute Gasteiger partial charge is 0.234 e. The van der Waals surface area contributed by atoms with Crippen LogP contribution >= 0.6 is 11.8 Å². The number of aromatic nitrogens is 3. The lowest BCUT2D eigenvalue weighted by Crippen LogP contribution is -2.12. The molecule has 0 saturated heterocycles. The molecule has 1 aliphatic carbocycles. The zero-order valence-electron chi connectivity index (χ0n) is 15.0. The second-order valence-electron chi connectivity index (χ2n) is 6.78. The van der Waals surface area contributed by atoms with Crippen molar-refractivity contribution in [3.8, 4) is 0 Å². The number of benzene rings is 1. The third-order valence-electron chi connectivity index (χ3n) is 4.30. The molecule has 0 atom stereocenters. The summed E-state index contributed by atoms with van der Waals surface area (Å²) in [6.45, 7) is 2.70. The van der Waals surface area contributed by atoms with Crippen molar-refractivity contribution in [1.29, 1.82) is 0 Å². The summed E-state index contributed by atoms with van der Waals surface area (Å²) in [5.41, 5.74) is 8.03. The van der Waals surface area contributed by atoms with Crippen molar-refractivity contribution in [3.63, 3.8) is 0 Å². The number of hydrogen-bond acceptors (Lipinski definition) is 8. The summed E-state index contributed by atoms with van der Waals surface area (Å²) >= 11 is 1.40. The zero-order chi connectivity index (χ0) is 18.8. The minimum absolute atomic E-state index is 0.154. The quantitative estimate of drug-likeness (QED) is 0.793. The van der Waals surface area contributed by atoms with E-state index in [0.717, 1.165) is 29.1 Å². The second kappa shape index (κ2) is 7.48. The molecule has 1 aromatic heterocycles. The minimum Gasteiger partial charge on any atom is -0.368 e. The van der Waals surface area contributed by atoms with E-state index in [1.54, 1.807) is 0 Å². The van der Waals surface area contributed by atoms with Gasteiger partial charge in [-0.05, 0) is 60.9 Å². The van der Waals surface area contributed by atoms with Crippen molar-refractivity contribution in [1.82, 2.24) is 15.0 Å². The second-order valence-corrected chi connectivity index (χ2v) is 7.82. The summed E-state index contributed by atoms with van der Waals surface area (Å²) < 4.78 is 0. The largest absolute Gasteiger partial charge is 0.368 e. The molecule has 1 aliphatic heterocycles. The third-order valence-corrected chi connectivity index (χ3v) is 5.17. The summed E-state index contributed by atoms with van der Waals surface area (Å²) in [5, 5.41) is 3.57. The fraction of sp³-hybridized carbons (Fsp3) is 0.316. The van der Waals surface area contributed by atoms with Crippen LogP contribution in [0.1, 0.15) is 25.3 Å². The lowest BCUT2D eigenvalue weighted by Gasteiger charge is -2.06. The Bertz CT molecular complexity index is 934. The van der Waals surface area contributed by atoms with Gasteiger partial charge in [0, 0.05) is 17.2 Å². The number of carbonyl (C=O) groups excluding carboxylic acids is 1. The van der Waals surface area contributed by atoms with Crippen LogP contribution in [0.25, 0.3) is 0 Å². The number of nitrogen functional groups attached to an aromatic ring is 1. The number of nitrogens with one attached hydrogen (secondary N) is 1. The highest BCUT2D eigenvalue weighted by atomic mass is 32.2. The minimum atomic E-state index is 0.154. The summed E-state index contributed by atoms with van der Waals surface area (Å²) in [7, 11) is 0. The van der Waals surface area contributed by atoms with Crippen LogP contribution in [0.4, 0.5) is 11.9 Å². The Balaban J connectivity index is 1.43. The molecule has 27 heavy (non-hydrogen) atoms. The maximum absolute atomic E-state index is 11.9. The van der Waals surface area contributed by atoms with Gasteiger partial charge in [-0.25, -0.2) is 0 Å². The highest BCUT2D eigenvalue weighted by Crippen LogP contribution is 2.31. The van der Waals surface area contributed by atoms with Crippen molar-refractivity contribution in [3.05, 3.63) is 41.5 Å². The molecular weight excluding hydrogens is 360 g/mol. The van der Waals surface area contributed by atoms with E-state index in [1.165, 1.54) is 17.3 Å². The van der Waals surface area contributed by atoms with Gasteiger partial charge in [0.15, 0.2) is 5.16 Å². The van der Waals surface area contributed by atoms with E-state index >= 15 is 0 Å². The predicted octanol–water partition coefficient (Wildman–Crippen LogP) is 2.90. The van der Waals surface area contributed by atoms with Crippen molar-refractivity contribution in [2.24, 2.45) is 10.9 Å². The third kappa shape index (κ3) is 4.71. The monoisotopic (exact) mass is 380 g/mol. The van der Waals surface area contributed by atoms with Gasteiger partial charge in [-0.2, -0.15) is 15.0 Å². The molecule has 3 N–H and O–H groups in total. The van der Waals surface area contributed by atoms with Gasteiger partial charge in [0.2, 0.25) is 11.9 Å². The van der Waals surface area contributed by atoms with Crippen LogP contribution in [0.3, 0.4) is 0 Å². The Morgan fingerprint density at radius 1 is 1.22 bits per heavy atom. The molecule has 2 aliphatic rings. The number of anilines is 2. The topological polar surface area (TPSA) is 106 Å². The summed E-state index contributed by atoms with van der Waals surface area (Å²) in [4.78, 5) is 30.0. The normalized spacial score (nSPS) is 16.0. The Morgan fingerprint density at radius 3 is 2.67 bits per heavy atom. The number of nitrogens with zero attached hydrogens (tertiary/aromatic N) is 4. The number of aliphatic imine (C=N–C) groups is 1. The van der Waals surface area contributed by atoms with Gasteiger partial charge in [0.25, 0.3) is 0 Å². The van der Waals surface area contributed by atoms with Crippen LogP contribution < -0.4 is 11.1 Å². The number of rotatable bonds is 6. The molecule has 138 valence electrons. The predicted molar refractivity (Wildman–Crippen MR) is 106 cm³/mol. The van der Waals surface area contributed by atoms with Gasteiger partial charge in [-0.1, -0.05) is 12.1 Å². The Kier molecular flexibility index (Phi) is 4.89.